The molecule has 0 saturated heterocycles. The number of nitrogens with zero attached hydrogens (tertiary/aromatic N) is 1. The summed E-state index contributed by atoms with van der Waals surface area (Å²) in [6.07, 6.45) is 0. The number of aryl methyl sites for hydroxylation is 1. The van der Waals surface area contributed by atoms with Crippen LogP contribution in [-0.4, -0.2) is 11.9 Å². The molecule has 2 aromatic rings. The van der Waals surface area contributed by atoms with Crippen molar-refractivity contribution in [1.82, 2.24) is 5.32 Å². The lowest BCUT2D eigenvalue weighted by molar-refractivity contribution is 0.174. The SMILES string of the molecule is Cc1ccc(O)c(C(C#N)NCc2ccc3c(c2)OCO3)c1. The van der Waals surface area contributed by atoms with Crippen LogP contribution in [0.5, 0.6) is 17.2 Å². The average molecular weight is 296 g/mol. The van der Waals surface area contributed by atoms with E-state index in [1.807, 2.05) is 37.3 Å². The van der Waals surface area contributed by atoms with Gasteiger partial charge in [-0.15, -0.1) is 0 Å². The zero-order chi connectivity index (χ0) is 15.5. The Labute approximate surface area is 128 Å². The third-order valence-electron chi connectivity index (χ3n) is 3.57. The Balaban J connectivity index is 1.74. The lowest BCUT2D eigenvalue weighted by Gasteiger charge is -2.14. The van der Waals surface area contributed by atoms with E-state index in [1.165, 1.54) is 0 Å². The van der Waals surface area contributed by atoms with Crippen LogP contribution in [0.3, 0.4) is 0 Å². The molecule has 1 heterocycles. The number of aromatic hydroxyl groups is 1. The highest BCUT2D eigenvalue weighted by Crippen LogP contribution is 2.32. The molecule has 0 amide bonds. The first-order valence-electron chi connectivity index (χ1n) is 6.98. The maximum atomic E-state index is 9.93. The predicted octanol–water partition coefficient (Wildman–Crippen LogP) is 2.78. The number of nitrogens with one attached hydrogen (secondary N) is 1. The molecule has 0 aromatic heterocycles. The van der Waals surface area contributed by atoms with Crippen molar-refractivity contribution >= 4 is 0 Å². The van der Waals surface area contributed by atoms with E-state index in [0.717, 1.165) is 16.9 Å². The smallest absolute Gasteiger partial charge is 0.231 e. The second-order valence-electron chi connectivity index (χ2n) is 5.19. The molecule has 0 bridgehead atoms. The van der Waals surface area contributed by atoms with Crippen LogP contribution >= 0.6 is 0 Å². The minimum Gasteiger partial charge on any atom is -0.508 e. The zero-order valence-corrected chi connectivity index (χ0v) is 12.2. The van der Waals surface area contributed by atoms with E-state index >= 15 is 0 Å². The van der Waals surface area contributed by atoms with Crippen LogP contribution < -0.4 is 14.8 Å². The van der Waals surface area contributed by atoms with Gasteiger partial charge in [0.1, 0.15) is 11.8 Å². The number of phenolic OH excluding ortho intramolecular Hbond substituents is 1. The molecule has 0 spiro atoms. The fourth-order valence-electron chi connectivity index (χ4n) is 2.40. The van der Waals surface area contributed by atoms with Gasteiger partial charge < -0.3 is 14.6 Å². The Morgan fingerprint density at radius 3 is 2.86 bits per heavy atom. The number of phenols is 1. The summed E-state index contributed by atoms with van der Waals surface area (Å²) < 4.78 is 10.6. The van der Waals surface area contributed by atoms with E-state index < -0.39 is 6.04 Å². The van der Waals surface area contributed by atoms with Gasteiger partial charge >= 0.3 is 0 Å². The minimum absolute atomic E-state index is 0.121. The van der Waals surface area contributed by atoms with Gasteiger partial charge in [-0.25, -0.2) is 0 Å². The molecular weight excluding hydrogens is 280 g/mol. The van der Waals surface area contributed by atoms with Crippen LogP contribution in [0.4, 0.5) is 0 Å². The standard InChI is InChI=1S/C17H16N2O3/c1-11-2-4-15(20)13(6-11)14(8-18)19-9-12-3-5-16-17(7-12)22-10-21-16/h2-7,14,19-20H,9-10H2,1H3. The first-order chi connectivity index (χ1) is 10.7. The van der Waals surface area contributed by atoms with Gasteiger partial charge in [-0.2, -0.15) is 5.26 Å². The highest BCUT2D eigenvalue weighted by Gasteiger charge is 2.16. The number of benzene rings is 2. The highest BCUT2D eigenvalue weighted by atomic mass is 16.7. The normalized spacial score (nSPS) is 13.6. The van der Waals surface area contributed by atoms with Crippen molar-refractivity contribution in [3.63, 3.8) is 0 Å². The Kier molecular flexibility index (Phi) is 3.86. The van der Waals surface area contributed by atoms with E-state index in [-0.39, 0.29) is 12.5 Å². The van der Waals surface area contributed by atoms with Crippen molar-refractivity contribution in [3.05, 3.63) is 53.1 Å². The number of ether oxygens (including phenoxy) is 2. The van der Waals surface area contributed by atoms with Gasteiger partial charge in [0.15, 0.2) is 11.5 Å². The maximum absolute atomic E-state index is 9.93. The van der Waals surface area contributed by atoms with Crippen molar-refractivity contribution in [1.29, 1.82) is 5.26 Å². The van der Waals surface area contributed by atoms with Crippen LogP contribution in [0.25, 0.3) is 0 Å². The number of hydrogen-bond acceptors (Lipinski definition) is 5. The number of hydrogen-bond donors (Lipinski definition) is 2. The molecule has 1 aliphatic rings. The third-order valence-corrected chi connectivity index (χ3v) is 3.57. The molecule has 22 heavy (non-hydrogen) atoms. The van der Waals surface area contributed by atoms with Crippen molar-refractivity contribution in [3.8, 4) is 23.3 Å². The summed E-state index contributed by atoms with van der Waals surface area (Å²) in [6, 6.07) is 12.5. The first-order valence-corrected chi connectivity index (χ1v) is 6.98. The van der Waals surface area contributed by atoms with Gasteiger partial charge in [-0.3, -0.25) is 5.32 Å². The van der Waals surface area contributed by atoms with E-state index in [1.54, 1.807) is 6.07 Å². The van der Waals surface area contributed by atoms with Crippen LogP contribution in [0, 0.1) is 18.3 Å². The van der Waals surface area contributed by atoms with E-state index in [2.05, 4.69) is 11.4 Å². The molecule has 1 aliphatic heterocycles. The van der Waals surface area contributed by atoms with Gasteiger partial charge in [0.05, 0.1) is 6.07 Å². The fourth-order valence-corrected chi connectivity index (χ4v) is 2.40. The summed E-state index contributed by atoms with van der Waals surface area (Å²) in [7, 11) is 0. The molecule has 2 N–H and O–H groups in total. The molecule has 3 rings (SSSR count). The Morgan fingerprint density at radius 2 is 2.05 bits per heavy atom. The van der Waals surface area contributed by atoms with Gasteiger partial charge in [0.25, 0.3) is 0 Å². The van der Waals surface area contributed by atoms with Crippen LogP contribution in [0.2, 0.25) is 0 Å². The van der Waals surface area contributed by atoms with Gasteiger partial charge in [0, 0.05) is 12.1 Å². The quantitative estimate of drug-likeness (QED) is 0.907. The molecule has 1 unspecified atom stereocenters. The lowest BCUT2D eigenvalue weighted by atomic mass is 10.0. The van der Waals surface area contributed by atoms with Crippen molar-refractivity contribution < 1.29 is 14.6 Å². The summed E-state index contributed by atoms with van der Waals surface area (Å²) in [5.41, 5.74) is 2.57. The first kappa shape index (κ1) is 14.2. The molecular formula is C17H16N2O3. The molecule has 0 aliphatic carbocycles. The largest absolute Gasteiger partial charge is 0.508 e. The van der Waals surface area contributed by atoms with Gasteiger partial charge in [-0.05, 0) is 36.8 Å². The summed E-state index contributed by atoms with van der Waals surface area (Å²) in [5, 5.41) is 22.4. The number of rotatable bonds is 4. The van der Waals surface area contributed by atoms with Crippen molar-refractivity contribution in [2.75, 3.05) is 6.79 Å². The zero-order valence-electron chi connectivity index (χ0n) is 12.2. The highest BCUT2D eigenvalue weighted by molar-refractivity contribution is 5.45. The molecule has 2 aromatic carbocycles. The van der Waals surface area contributed by atoms with E-state index in [4.69, 9.17) is 9.47 Å². The van der Waals surface area contributed by atoms with E-state index in [0.29, 0.717) is 17.9 Å². The molecule has 0 saturated carbocycles. The topological polar surface area (TPSA) is 74.5 Å². The van der Waals surface area contributed by atoms with Gasteiger partial charge in [0.2, 0.25) is 6.79 Å². The second-order valence-corrected chi connectivity index (χ2v) is 5.19. The summed E-state index contributed by atoms with van der Waals surface area (Å²) in [4.78, 5) is 0. The maximum Gasteiger partial charge on any atom is 0.231 e. The van der Waals surface area contributed by atoms with Crippen LogP contribution in [0.1, 0.15) is 22.7 Å². The summed E-state index contributed by atoms with van der Waals surface area (Å²) in [5.74, 6) is 1.57. The Hall–Kier alpha value is -2.71. The van der Waals surface area contributed by atoms with Crippen LogP contribution in [0.15, 0.2) is 36.4 Å². The molecule has 0 radical (unpaired) electrons. The summed E-state index contributed by atoms with van der Waals surface area (Å²) in [6.45, 7) is 2.65. The van der Waals surface area contributed by atoms with Gasteiger partial charge in [-0.1, -0.05) is 17.7 Å². The molecule has 5 nitrogen and oxygen atoms in total. The lowest BCUT2D eigenvalue weighted by Crippen LogP contribution is -2.19. The van der Waals surface area contributed by atoms with Crippen molar-refractivity contribution in [2.24, 2.45) is 0 Å². The Morgan fingerprint density at radius 1 is 1.23 bits per heavy atom. The summed E-state index contributed by atoms with van der Waals surface area (Å²) >= 11 is 0. The molecule has 112 valence electrons. The third kappa shape index (κ3) is 2.83. The Bertz CT molecular complexity index is 737. The number of nitriles is 1. The monoisotopic (exact) mass is 296 g/mol. The molecule has 5 heteroatoms. The predicted molar refractivity (Wildman–Crippen MR) is 80.6 cm³/mol. The number of fused-ring (bicyclic) bond motifs is 1. The van der Waals surface area contributed by atoms with E-state index in [9.17, 15) is 10.4 Å². The van der Waals surface area contributed by atoms with Crippen LogP contribution in [-0.2, 0) is 6.54 Å². The average Bonchev–Trinajstić information content (AvgIpc) is 2.98. The minimum atomic E-state index is -0.578. The fraction of sp³-hybridized carbons (Fsp3) is 0.235. The second kappa shape index (κ2) is 5.96. The molecule has 0 fully saturated rings. The van der Waals surface area contributed by atoms with Crippen molar-refractivity contribution in [2.45, 2.75) is 19.5 Å². The molecule has 1 atom stereocenters.